The third kappa shape index (κ3) is 5.49. The van der Waals surface area contributed by atoms with Gasteiger partial charge in [0.15, 0.2) is 23.5 Å². The second kappa shape index (κ2) is 11.5. The van der Waals surface area contributed by atoms with Crippen LogP contribution in [0.25, 0.3) is 22.3 Å². The summed E-state index contributed by atoms with van der Waals surface area (Å²) in [5, 5.41) is 81.6. The highest BCUT2D eigenvalue weighted by Crippen LogP contribution is 2.37. The number of rotatable bonds is 6. The number of aliphatic hydroxyl groups excluding tert-OH is 6. The molecule has 8 N–H and O–H groups in total. The fourth-order valence-corrected chi connectivity index (χ4v) is 4.70. The van der Waals surface area contributed by atoms with Crippen molar-refractivity contribution in [2.45, 2.75) is 68.3 Å². The lowest BCUT2D eigenvalue weighted by atomic mass is 9.98. The van der Waals surface area contributed by atoms with Crippen molar-refractivity contribution in [3.05, 3.63) is 52.7 Å². The van der Waals surface area contributed by atoms with Crippen LogP contribution in [-0.4, -0.2) is 109 Å². The van der Waals surface area contributed by atoms with Crippen molar-refractivity contribution < 1.29 is 64.2 Å². The van der Waals surface area contributed by atoms with Gasteiger partial charge < -0.3 is 64.2 Å². The van der Waals surface area contributed by atoms with Gasteiger partial charge in [-0.05, 0) is 37.3 Å². The van der Waals surface area contributed by atoms with E-state index in [0.717, 1.165) is 6.07 Å². The maximum atomic E-state index is 13.5. The first-order chi connectivity index (χ1) is 19.5. The molecular formula is C27H30O14. The average Bonchev–Trinajstić information content (AvgIpc) is 2.96. The van der Waals surface area contributed by atoms with Gasteiger partial charge in [0.1, 0.15) is 48.3 Å². The molecular weight excluding hydrogens is 548 g/mol. The second-order valence-electron chi connectivity index (χ2n) is 9.94. The molecule has 0 bridgehead atoms. The van der Waals surface area contributed by atoms with Crippen LogP contribution in [0.5, 0.6) is 17.2 Å². The Morgan fingerprint density at radius 1 is 0.780 bits per heavy atom. The SMILES string of the molecule is C[C@H]1OC(OC[C@H]2OC(Oc3c(-c4ccc(O)c(O)c4)oc4ccccc4c3=O)[C@H](O)[C@@H](O)[C@@H]2O)[C@@H](O)[C@@H](O)[C@@H]1O. The van der Waals surface area contributed by atoms with Crippen LogP contribution in [-0.2, 0) is 14.2 Å². The highest BCUT2D eigenvalue weighted by Gasteiger charge is 2.47. The zero-order valence-electron chi connectivity index (χ0n) is 21.5. The summed E-state index contributed by atoms with van der Waals surface area (Å²) in [6.07, 6.45) is -15.4. The van der Waals surface area contributed by atoms with Gasteiger partial charge in [-0.1, -0.05) is 12.1 Å². The smallest absolute Gasteiger partial charge is 0.235 e. The van der Waals surface area contributed by atoms with Crippen LogP contribution in [0.3, 0.4) is 0 Å². The van der Waals surface area contributed by atoms with Gasteiger partial charge in [0, 0.05) is 5.56 Å². The summed E-state index contributed by atoms with van der Waals surface area (Å²) >= 11 is 0. The van der Waals surface area contributed by atoms with Crippen molar-refractivity contribution in [1.82, 2.24) is 0 Å². The largest absolute Gasteiger partial charge is 0.504 e. The van der Waals surface area contributed by atoms with E-state index < -0.39 is 90.7 Å². The van der Waals surface area contributed by atoms with Gasteiger partial charge in [-0.3, -0.25) is 4.79 Å². The molecule has 14 nitrogen and oxygen atoms in total. The molecule has 2 aliphatic rings. The Hall–Kier alpha value is -3.31. The number of fused-ring (bicyclic) bond motifs is 1. The third-order valence-corrected chi connectivity index (χ3v) is 7.13. The predicted molar refractivity (Wildman–Crippen MR) is 137 cm³/mol. The summed E-state index contributed by atoms with van der Waals surface area (Å²) < 4.78 is 28.2. The fourth-order valence-electron chi connectivity index (χ4n) is 4.70. The Morgan fingerprint density at radius 3 is 2.20 bits per heavy atom. The Morgan fingerprint density at radius 2 is 1.46 bits per heavy atom. The minimum atomic E-state index is -1.86. The summed E-state index contributed by atoms with van der Waals surface area (Å²) in [6.45, 7) is 0.916. The fraction of sp³-hybridized carbons (Fsp3) is 0.444. The number of phenols is 2. The van der Waals surface area contributed by atoms with Gasteiger partial charge in [-0.25, -0.2) is 0 Å². The summed E-state index contributed by atoms with van der Waals surface area (Å²) in [5.41, 5.74) is -0.382. The van der Waals surface area contributed by atoms with E-state index in [-0.39, 0.29) is 22.3 Å². The van der Waals surface area contributed by atoms with Gasteiger partial charge in [0.05, 0.1) is 18.1 Å². The zero-order chi connectivity index (χ0) is 29.6. The van der Waals surface area contributed by atoms with Gasteiger partial charge in [0.25, 0.3) is 0 Å². The molecule has 222 valence electrons. The van der Waals surface area contributed by atoms with E-state index in [0.29, 0.717) is 0 Å². The lowest BCUT2D eigenvalue weighted by Gasteiger charge is -2.42. The van der Waals surface area contributed by atoms with Crippen molar-refractivity contribution in [1.29, 1.82) is 0 Å². The van der Waals surface area contributed by atoms with E-state index in [1.54, 1.807) is 12.1 Å². The van der Waals surface area contributed by atoms with E-state index in [4.69, 9.17) is 23.4 Å². The molecule has 2 aliphatic heterocycles. The maximum absolute atomic E-state index is 13.5. The molecule has 2 aromatic carbocycles. The molecule has 41 heavy (non-hydrogen) atoms. The lowest BCUT2D eigenvalue weighted by molar-refractivity contribution is -0.318. The summed E-state index contributed by atoms with van der Waals surface area (Å²) in [4.78, 5) is 13.5. The molecule has 2 saturated heterocycles. The predicted octanol–water partition coefficient (Wildman–Crippen LogP) is -1.10. The van der Waals surface area contributed by atoms with E-state index in [1.165, 1.54) is 31.2 Å². The average molecular weight is 579 g/mol. The molecule has 5 rings (SSSR count). The molecule has 14 heteroatoms. The topological polar surface area (TPSA) is 229 Å². The first-order valence-corrected chi connectivity index (χ1v) is 12.7. The highest BCUT2D eigenvalue weighted by molar-refractivity contribution is 5.82. The van der Waals surface area contributed by atoms with E-state index >= 15 is 0 Å². The van der Waals surface area contributed by atoms with Crippen LogP contribution >= 0.6 is 0 Å². The number of phenolic OH excluding ortho intramolecular Hbond substituents is 2. The lowest BCUT2D eigenvalue weighted by Crippen LogP contribution is -2.61. The van der Waals surface area contributed by atoms with Crippen LogP contribution in [0.4, 0.5) is 0 Å². The Balaban J connectivity index is 1.44. The third-order valence-electron chi connectivity index (χ3n) is 7.13. The molecule has 3 aromatic rings. The molecule has 0 aliphatic carbocycles. The van der Waals surface area contributed by atoms with Crippen molar-refractivity contribution in [3.63, 3.8) is 0 Å². The molecule has 1 aromatic heterocycles. The molecule has 3 heterocycles. The second-order valence-corrected chi connectivity index (χ2v) is 9.94. The summed E-state index contributed by atoms with van der Waals surface area (Å²) in [6, 6.07) is 9.88. The van der Waals surface area contributed by atoms with Crippen molar-refractivity contribution in [3.8, 4) is 28.6 Å². The van der Waals surface area contributed by atoms with Crippen molar-refractivity contribution in [2.75, 3.05) is 6.61 Å². The molecule has 2 fully saturated rings. The van der Waals surface area contributed by atoms with Crippen LogP contribution in [0.2, 0.25) is 0 Å². The van der Waals surface area contributed by atoms with Crippen LogP contribution < -0.4 is 10.2 Å². The Bertz CT molecular complexity index is 1440. The van der Waals surface area contributed by atoms with Gasteiger partial charge in [0.2, 0.25) is 17.5 Å². The van der Waals surface area contributed by atoms with E-state index in [1.807, 2.05) is 0 Å². The molecule has 10 atom stereocenters. The number of aromatic hydroxyl groups is 2. The van der Waals surface area contributed by atoms with Gasteiger partial charge in [-0.15, -0.1) is 0 Å². The first-order valence-electron chi connectivity index (χ1n) is 12.7. The first kappa shape index (κ1) is 29.2. The molecule has 2 unspecified atom stereocenters. The van der Waals surface area contributed by atoms with E-state index in [2.05, 4.69) is 0 Å². The minimum absolute atomic E-state index is 0.110. The number of benzene rings is 2. The Kier molecular flexibility index (Phi) is 8.20. The van der Waals surface area contributed by atoms with E-state index in [9.17, 15) is 45.6 Å². The monoisotopic (exact) mass is 578 g/mol. The molecule has 0 radical (unpaired) electrons. The van der Waals surface area contributed by atoms with Crippen molar-refractivity contribution >= 4 is 11.0 Å². The van der Waals surface area contributed by atoms with Gasteiger partial charge >= 0.3 is 0 Å². The van der Waals surface area contributed by atoms with Crippen LogP contribution in [0.1, 0.15) is 6.92 Å². The number of ether oxygens (including phenoxy) is 4. The minimum Gasteiger partial charge on any atom is -0.504 e. The summed E-state index contributed by atoms with van der Waals surface area (Å²) in [5.74, 6) is -1.58. The number of hydrogen-bond donors (Lipinski definition) is 8. The number of hydrogen-bond acceptors (Lipinski definition) is 14. The maximum Gasteiger partial charge on any atom is 0.235 e. The zero-order valence-corrected chi connectivity index (χ0v) is 21.5. The normalized spacial score (nSPS) is 34.0. The number of aliphatic hydroxyl groups is 6. The molecule has 0 amide bonds. The quantitative estimate of drug-likeness (QED) is 0.162. The molecule has 0 saturated carbocycles. The highest BCUT2D eigenvalue weighted by atomic mass is 16.7. The van der Waals surface area contributed by atoms with Crippen LogP contribution in [0.15, 0.2) is 51.7 Å². The molecule has 0 spiro atoms. The van der Waals surface area contributed by atoms with Crippen molar-refractivity contribution in [2.24, 2.45) is 0 Å². The van der Waals surface area contributed by atoms with Gasteiger partial charge in [-0.2, -0.15) is 0 Å². The number of para-hydroxylation sites is 1. The summed E-state index contributed by atoms with van der Waals surface area (Å²) in [7, 11) is 0. The Labute approximate surface area is 231 Å². The van der Waals surface area contributed by atoms with Crippen LogP contribution in [0, 0.1) is 0 Å². The standard InChI is InChI=1S/C27H30O14/c1-10-17(30)20(33)22(35)26(38-10)37-9-16-19(32)21(34)23(36)27(40-16)41-25-18(31)12-4-2-3-5-15(12)39-24(25)11-6-7-13(28)14(29)8-11/h2-8,10,16-17,19-23,26-30,32-36H,9H2,1H3/t10-,16-,17-,19-,20+,21+,22+,23-,26?,27?/m1/s1.